The van der Waals surface area contributed by atoms with Gasteiger partial charge in [0, 0.05) is 6.42 Å². The second-order valence-electron chi connectivity index (χ2n) is 8.75. The fourth-order valence-electron chi connectivity index (χ4n) is 5.47. The van der Waals surface area contributed by atoms with Crippen LogP contribution >= 0.6 is 0 Å². The highest BCUT2D eigenvalue weighted by Gasteiger charge is 2.51. The van der Waals surface area contributed by atoms with E-state index in [1.54, 1.807) is 0 Å². The Morgan fingerprint density at radius 1 is 1.09 bits per heavy atom. The van der Waals surface area contributed by atoms with Crippen molar-refractivity contribution in [1.82, 2.24) is 10.3 Å². The topological polar surface area (TPSA) is 75.3 Å². The van der Waals surface area contributed by atoms with Gasteiger partial charge in [0.1, 0.15) is 0 Å². The van der Waals surface area contributed by atoms with Crippen LogP contribution in [0, 0.1) is 29.1 Å². The second-order valence-corrected chi connectivity index (χ2v) is 10.6. The molecule has 4 saturated carbocycles. The summed E-state index contributed by atoms with van der Waals surface area (Å²) in [4.78, 5) is 14.5. The normalized spacial score (nSPS) is 35.7. The van der Waals surface area contributed by atoms with Gasteiger partial charge in [-0.2, -0.15) is 0 Å². The summed E-state index contributed by atoms with van der Waals surface area (Å²) in [6, 6.07) is 0. The molecular weight excluding hydrogens is 312 g/mol. The maximum absolute atomic E-state index is 12.3. The quantitative estimate of drug-likeness (QED) is 0.698. The minimum atomic E-state index is -3.42. The largest absolute Gasteiger partial charge is 0.278 e. The molecule has 0 aromatic heterocycles. The fraction of sp³-hybridized carbons (Fsp3) is 0.941. The maximum Gasteiger partial charge on any atom is 0.235 e. The first-order valence-corrected chi connectivity index (χ1v) is 10.7. The van der Waals surface area contributed by atoms with Crippen LogP contribution in [-0.2, 0) is 14.8 Å². The minimum Gasteiger partial charge on any atom is -0.278 e. The molecule has 0 saturated heterocycles. The van der Waals surface area contributed by atoms with Crippen LogP contribution < -0.4 is 10.3 Å². The highest BCUT2D eigenvalue weighted by atomic mass is 32.2. The molecule has 4 aliphatic rings. The summed E-state index contributed by atoms with van der Waals surface area (Å²) in [6.45, 7) is 3.97. The minimum absolute atomic E-state index is 0.0578. The molecule has 0 heterocycles. The van der Waals surface area contributed by atoms with Crippen LogP contribution in [0.25, 0.3) is 0 Å². The maximum atomic E-state index is 12.3. The van der Waals surface area contributed by atoms with E-state index in [-0.39, 0.29) is 17.1 Å². The molecule has 6 heteroatoms. The van der Waals surface area contributed by atoms with Gasteiger partial charge in [0.2, 0.25) is 15.9 Å². The van der Waals surface area contributed by atoms with E-state index in [9.17, 15) is 13.2 Å². The predicted octanol–water partition coefficient (Wildman–Crippen LogP) is 2.59. The van der Waals surface area contributed by atoms with Gasteiger partial charge in [-0.25, -0.2) is 8.42 Å². The van der Waals surface area contributed by atoms with Crippen molar-refractivity contribution in [2.75, 3.05) is 5.75 Å². The van der Waals surface area contributed by atoms with Crippen LogP contribution in [0.2, 0.25) is 0 Å². The van der Waals surface area contributed by atoms with E-state index in [0.29, 0.717) is 18.8 Å². The van der Waals surface area contributed by atoms with Crippen molar-refractivity contribution in [3.63, 3.8) is 0 Å². The van der Waals surface area contributed by atoms with Gasteiger partial charge in [-0.05, 0) is 74.0 Å². The van der Waals surface area contributed by atoms with E-state index in [1.807, 2.05) is 13.8 Å². The summed E-state index contributed by atoms with van der Waals surface area (Å²) in [5.41, 5.74) is 2.59. The molecule has 0 aliphatic heterocycles. The number of carbonyl (C=O) groups excluding carboxylic acids is 1. The van der Waals surface area contributed by atoms with Gasteiger partial charge >= 0.3 is 0 Å². The molecule has 5 nitrogen and oxygen atoms in total. The lowest BCUT2D eigenvalue weighted by molar-refractivity contribution is -0.129. The fourth-order valence-corrected chi connectivity index (χ4v) is 6.62. The Kier molecular flexibility index (Phi) is 4.76. The van der Waals surface area contributed by atoms with Gasteiger partial charge in [0.15, 0.2) is 0 Å². The molecular formula is C17H30N2O3S. The number of nitrogens with one attached hydrogen (secondary N) is 2. The summed E-state index contributed by atoms with van der Waals surface area (Å²) < 4.78 is 23.8. The van der Waals surface area contributed by atoms with Crippen LogP contribution in [0.5, 0.6) is 0 Å². The molecule has 1 amide bonds. The van der Waals surface area contributed by atoms with Crippen molar-refractivity contribution < 1.29 is 13.2 Å². The summed E-state index contributed by atoms with van der Waals surface area (Å²) in [7, 11) is -3.42. The second kappa shape index (κ2) is 6.36. The number of sulfonamides is 1. The smallest absolute Gasteiger partial charge is 0.235 e. The third kappa shape index (κ3) is 4.27. The third-order valence-corrected chi connectivity index (χ3v) is 7.20. The van der Waals surface area contributed by atoms with E-state index < -0.39 is 10.0 Å². The van der Waals surface area contributed by atoms with Crippen LogP contribution in [0.3, 0.4) is 0 Å². The molecule has 23 heavy (non-hydrogen) atoms. The first-order chi connectivity index (χ1) is 10.8. The van der Waals surface area contributed by atoms with Crippen molar-refractivity contribution in [3.8, 4) is 0 Å². The molecule has 4 aliphatic carbocycles. The van der Waals surface area contributed by atoms with Gasteiger partial charge < -0.3 is 0 Å². The third-order valence-electron chi connectivity index (χ3n) is 6.01. The monoisotopic (exact) mass is 342 g/mol. The van der Waals surface area contributed by atoms with Gasteiger partial charge in [-0.3, -0.25) is 10.2 Å². The Morgan fingerprint density at radius 2 is 1.61 bits per heavy atom. The van der Waals surface area contributed by atoms with E-state index in [2.05, 4.69) is 10.3 Å². The van der Waals surface area contributed by atoms with Crippen molar-refractivity contribution in [2.24, 2.45) is 29.1 Å². The molecule has 0 aromatic carbocycles. The zero-order valence-electron chi connectivity index (χ0n) is 14.3. The number of hydrogen-bond acceptors (Lipinski definition) is 3. The highest BCUT2D eigenvalue weighted by Crippen LogP contribution is 2.61. The Morgan fingerprint density at radius 3 is 2.09 bits per heavy atom. The average Bonchev–Trinajstić information content (AvgIpc) is 2.41. The molecule has 132 valence electrons. The molecule has 0 unspecified atom stereocenters. The number of rotatable bonds is 7. The molecule has 4 fully saturated rings. The molecule has 4 rings (SSSR count). The van der Waals surface area contributed by atoms with Gasteiger partial charge in [0.25, 0.3) is 0 Å². The molecule has 2 N–H and O–H groups in total. The Labute approximate surface area is 140 Å². The summed E-state index contributed by atoms with van der Waals surface area (Å²) >= 11 is 0. The van der Waals surface area contributed by atoms with Crippen molar-refractivity contribution in [3.05, 3.63) is 0 Å². The van der Waals surface area contributed by atoms with Crippen molar-refractivity contribution in [2.45, 2.75) is 65.2 Å². The first-order valence-electron chi connectivity index (χ1n) is 9.04. The van der Waals surface area contributed by atoms with E-state index in [4.69, 9.17) is 0 Å². The van der Waals surface area contributed by atoms with Crippen molar-refractivity contribution >= 4 is 15.9 Å². The van der Waals surface area contributed by atoms with Gasteiger partial charge in [-0.1, -0.05) is 13.8 Å². The van der Waals surface area contributed by atoms with E-state index in [1.165, 1.54) is 19.3 Å². The van der Waals surface area contributed by atoms with Gasteiger partial charge in [-0.15, -0.1) is 4.83 Å². The standard InChI is InChI=1S/C17H30N2O3S/c1-12(2)3-4-23(21,22)19-18-16(20)11-17-8-13-5-14(9-17)7-15(6-13)10-17/h12-15,19H,3-11H2,1-2H3,(H,18,20). The van der Waals surface area contributed by atoms with E-state index >= 15 is 0 Å². The van der Waals surface area contributed by atoms with Gasteiger partial charge in [0.05, 0.1) is 5.75 Å². The van der Waals surface area contributed by atoms with Crippen LogP contribution in [-0.4, -0.2) is 20.1 Å². The Bertz CT molecular complexity index is 521. The highest BCUT2D eigenvalue weighted by molar-refractivity contribution is 7.89. The lowest BCUT2D eigenvalue weighted by Gasteiger charge is -2.56. The zero-order chi connectivity index (χ0) is 16.7. The average molecular weight is 343 g/mol. The van der Waals surface area contributed by atoms with Crippen LogP contribution in [0.15, 0.2) is 0 Å². The molecule has 4 bridgehead atoms. The first kappa shape index (κ1) is 17.2. The molecule has 0 spiro atoms. The van der Waals surface area contributed by atoms with Crippen LogP contribution in [0.1, 0.15) is 65.2 Å². The lowest BCUT2D eigenvalue weighted by atomic mass is 9.49. The number of hydrogen-bond donors (Lipinski definition) is 2. The number of carbonyl (C=O) groups is 1. The van der Waals surface area contributed by atoms with Crippen molar-refractivity contribution in [1.29, 1.82) is 0 Å². The molecule has 0 aromatic rings. The lowest BCUT2D eigenvalue weighted by Crippen LogP contribution is -2.50. The van der Waals surface area contributed by atoms with E-state index in [0.717, 1.165) is 37.0 Å². The summed E-state index contributed by atoms with van der Waals surface area (Å²) in [5.74, 6) is 2.63. The number of hydrazine groups is 1. The zero-order valence-corrected chi connectivity index (χ0v) is 15.1. The summed E-state index contributed by atoms with van der Waals surface area (Å²) in [6.07, 6.45) is 8.60. The predicted molar refractivity (Wildman–Crippen MR) is 89.7 cm³/mol. The summed E-state index contributed by atoms with van der Waals surface area (Å²) in [5, 5.41) is 0. The molecule has 0 radical (unpaired) electrons. The Balaban J connectivity index is 1.50. The molecule has 0 atom stereocenters. The van der Waals surface area contributed by atoms with Crippen LogP contribution in [0.4, 0.5) is 0 Å². The number of amides is 1. The Hall–Kier alpha value is -0.620. The SMILES string of the molecule is CC(C)CCS(=O)(=O)NNC(=O)CC12CC3CC(CC(C3)C1)C2.